The molecule has 0 saturated heterocycles. The number of sulfone groups is 4. The van der Waals surface area contributed by atoms with Crippen molar-refractivity contribution >= 4 is 155 Å². The van der Waals surface area contributed by atoms with Gasteiger partial charge in [0.25, 0.3) is 23.6 Å². The molecule has 12 N–H and O–H groups in total. The number of aromatic hydroxyl groups is 4. The van der Waals surface area contributed by atoms with Gasteiger partial charge in [0.05, 0.1) is 52.4 Å². The fourth-order valence-electron chi connectivity index (χ4n) is 13.5. The van der Waals surface area contributed by atoms with Crippen molar-refractivity contribution in [3.63, 3.8) is 0 Å². The first-order chi connectivity index (χ1) is 62.9. The van der Waals surface area contributed by atoms with Crippen LogP contribution in [0, 0.1) is 48.5 Å². The van der Waals surface area contributed by atoms with Crippen LogP contribution in [0.2, 0.25) is 10.0 Å². The minimum atomic E-state index is -3.92. The molecule has 0 aliphatic heterocycles. The predicted octanol–water partition coefficient (Wildman–Crippen LogP) is 18.8. The summed E-state index contributed by atoms with van der Waals surface area (Å²) in [4.78, 5) is 101. The van der Waals surface area contributed by atoms with Gasteiger partial charge in [-0.15, -0.1) is 0 Å². The average Bonchev–Trinajstić information content (AvgIpc) is 0.805. The number of rotatable bonds is 28. The fourth-order valence-corrected chi connectivity index (χ4v) is 20.7. The number of phenolic OH excluding ortho intramolecular Hbond substituents is 4. The van der Waals surface area contributed by atoms with E-state index in [0.29, 0.717) is 21.7 Å². The molecule has 133 heavy (non-hydrogen) atoms. The van der Waals surface area contributed by atoms with Crippen molar-refractivity contribution in [2.45, 2.75) is 142 Å². The molecule has 0 aromatic heterocycles. The Morgan fingerprint density at radius 2 is 0.474 bits per heavy atom. The summed E-state index contributed by atoms with van der Waals surface area (Å²) in [5.41, 5.74) is 8.92. The van der Waals surface area contributed by atoms with E-state index >= 15 is 0 Å². The highest BCUT2D eigenvalue weighted by atomic mass is 35.5. The number of nitrogens with one attached hydrogen (secondary N) is 8. The fraction of sp³-hybridized carbons (Fsp3) is 0.192. The van der Waals surface area contributed by atoms with Gasteiger partial charge in [-0.1, -0.05) is 153 Å². The molecule has 4 unspecified atom stereocenters. The Bertz CT molecular complexity index is 6680. The van der Waals surface area contributed by atoms with Gasteiger partial charge in [0.2, 0.25) is 23.6 Å². The molecular formula is C99H100Cl2N8O20S4. The van der Waals surface area contributed by atoms with Crippen LogP contribution < -0.4 is 42.5 Å². The normalized spacial score (nSPS) is 12.1. The Morgan fingerprint density at radius 1 is 0.248 bits per heavy atom. The lowest BCUT2D eigenvalue weighted by atomic mass is 10.1. The summed E-state index contributed by atoms with van der Waals surface area (Å²) in [6.07, 6.45) is 0.308. The third kappa shape index (κ3) is 27.3. The molecule has 12 aromatic carbocycles. The number of carbonyl (C=O) groups is 8. The van der Waals surface area contributed by atoms with Gasteiger partial charge in [0.15, 0.2) is 39.3 Å². The van der Waals surface area contributed by atoms with Gasteiger partial charge >= 0.3 is 0 Å². The molecule has 12 rings (SSSR count). The molecule has 0 fully saturated rings. The molecule has 34 heteroatoms. The van der Waals surface area contributed by atoms with E-state index in [1.54, 1.807) is 152 Å². The van der Waals surface area contributed by atoms with Gasteiger partial charge < -0.3 is 63.0 Å². The second-order valence-electron chi connectivity index (χ2n) is 31.0. The maximum Gasteiger partial charge on any atom is 0.255 e. The van der Waals surface area contributed by atoms with Crippen LogP contribution in [0.5, 0.6) is 23.0 Å². The quantitative estimate of drug-likeness (QED) is 0.0203. The van der Waals surface area contributed by atoms with Crippen molar-refractivity contribution in [3.05, 3.63) is 332 Å². The van der Waals surface area contributed by atoms with Crippen LogP contribution in [-0.4, -0.2) is 122 Å². The van der Waals surface area contributed by atoms with Gasteiger partial charge in [-0.2, -0.15) is 0 Å². The van der Waals surface area contributed by atoms with E-state index in [2.05, 4.69) is 42.5 Å². The number of hydrogen-bond acceptors (Lipinski definition) is 20. The summed E-state index contributed by atoms with van der Waals surface area (Å²) in [5, 5.41) is 57.2. The van der Waals surface area contributed by atoms with E-state index in [1.165, 1.54) is 140 Å². The molecular weight excluding hydrogens is 1820 g/mol. The SMILES string of the molecule is CCC(C(=O)Nc1ccc(NC(=O)c2ccc(C)cc2)c(O)c1)S(=O)(=O)c1cccc(C)c1.CCC(C(=O)Nc1ccc(NC(=O)c2ccc(Cl)c(Cl)c2)c(O)c1)S(=O)(=O)c1cccc(C)c1.CCC(C(=O)Nc1ccc(NC(=O)c2cccc(C)c2)c(O)c1)S(=O)(=O)c1cccc(C)c1.CCC(C(=O)Nc1ccc(NC(=O)c2cccc(C)c2)c(O)c1)S(=O)(=O)c1cccc(C)c1. The van der Waals surface area contributed by atoms with Crippen LogP contribution in [0.1, 0.15) is 134 Å². The molecule has 0 aliphatic rings. The molecule has 0 heterocycles. The van der Waals surface area contributed by atoms with Crippen molar-refractivity contribution in [2.75, 3.05) is 42.5 Å². The Balaban J connectivity index is 0.000000199. The lowest BCUT2D eigenvalue weighted by Crippen LogP contribution is -2.34. The monoisotopic (exact) mass is 1920 g/mol. The first kappa shape index (κ1) is 103. The zero-order valence-corrected chi connectivity index (χ0v) is 79.0. The summed E-state index contributed by atoms with van der Waals surface area (Å²) >= 11 is 11.8. The molecule has 0 bridgehead atoms. The number of halogens is 2. The summed E-state index contributed by atoms with van der Waals surface area (Å²) in [7, 11) is -15.6. The zero-order chi connectivity index (χ0) is 97.6. The van der Waals surface area contributed by atoms with Crippen LogP contribution >= 0.6 is 23.2 Å². The molecule has 0 saturated carbocycles. The number of anilines is 8. The first-order valence-electron chi connectivity index (χ1n) is 41.6. The number of carbonyl (C=O) groups excluding carboxylic acids is 8. The van der Waals surface area contributed by atoms with E-state index in [-0.39, 0.29) is 136 Å². The summed E-state index contributed by atoms with van der Waals surface area (Å²) in [5.74, 6) is -5.62. The van der Waals surface area contributed by atoms with E-state index in [0.717, 1.165) is 38.9 Å². The number of benzene rings is 12. The van der Waals surface area contributed by atoms with E-state index < -0.39 is 95.8 Å². The average molecular weight is 1920 g/mol. The van der Waals surface area contributed by atoms with E-state index in [1.807, 2.05) is 45.0 Å². The zero-order valence-electron chi connectivity index (χ0n) is 74.2. The summed E-state index contributed by atoms with van der Waals surface area (Å²) in [6.45, 7) is 19.2. The number of hydrogen-bond donors (Lipinski definition) is 12. The topological polar surface area (TPSA) is 450 Å². The number of amides is 8. The second-order valence-corrected chi connectivity index (χ2v) is 40.3. The van der Waals surface area contributed by atoms with Gasteiger partial charge in [0.1, 0.15) is 44.0 Å². The smallest absolute Gasteiger partial charge is 0.255 e. The lowest BCUT2D eigenvalue weighted by Gasteiger charge is -2.17. The third-order valence-corrected chi connectivity index (χ3v) is 30.1. The highest BCUT2D eigenvalue weighted by Gasteiger charge is 2.37. The maximum atomic E-state index is 13.0. The number of phenols is 4. The third-order valence-electron chi connectivity index (χ3n) is 20.5. The van der Waals surface area contributed by atoms with E-state index in [4.69, 9.17) is 23.2 Å². The van der Waals surface area contributed by atoms with Crippen LogP contribution in [-0.2, 0) is 58.5 Å². The standard InChI is InChI=1S/3C25H26N2O5S.C24H22Cl2N2O5S/c2*1-4-23(33(31,32)20-10-6-8-17(3)14-20)25(30)26-19-11-12-21(22(28)15-19)27-24(29)18-9-5-7-16(2)13-18;1-4-23(33(31,32)20-7-5-6-17(3)14-20)25(30)26-19-12-13-21(22(28)15-19)27-24(29)18-10-8-16(2)9-11-18;1-3-22(34(32,33)17-6-4-5-14(2)11-17)24(31)27-16-8-10-20(21(29)13-16)28-23(30)15-7-9-18(25)19(26)12-15/h3*5-15,23,28H,4H2,1-3H3,(H,26,30)(H,27,29);4-13,22,29H,3H2,1-2H3,(H,27,31)(H,28,30). The Kier molecular flexibility index (Phi) is 35.3. The van der Waals surface area contributed by atoms with Gasteiger partial charge in [-0.3, -0.25) is 38.4 Å². The minimum Gasteiger partial charge on any atom is -0.506 e. The summed E-state index contributed by atoms with van der Waals surface area (Å²) < 4.78 is 104. The van der Waals surface area contributed by atoms with Crippen LogP contribution in [0.25, 0.3) is 0 Å². The predicted molar refractivity (Wildman–Crippen MR) is 519 cm³/mol. The largest absolute Gasteiger partial charge is 0.506 e. The van der Waals surface area contributed by atoms with Crippen molar-refractivity contribution in [1.29, 1.82) is 0 Å². The molecule has 694 valence electrons. The maximum absolute atomic E-state index is 13.0. The lowest BCUT2D eigenvalue weighted by molar-refractivity contribution is -0.116. The number of aryl methyl sites for hydroxylation is 7. The Labute approximate surface area is 782 Å². The molecule has 8 amide bonds. The summed E-state index contributed by atoms with van der Waals surface area (Å²) in [6, 6.07) is 67.5. The van der Waals surface area contributed by atoms with Crippen molar-refractivity contribution < 1.29 is 92.5 Å². The van der Waals surface area contributed by atoms with Gasteiger partial charge in [0, 0.05) is 69.3 Å². The Hall–Kier alpha value is -14.0. The van der Waals surface area contributed by atoms with Crippen molar-refractivity contribution in [3.8, 4) is 23.0 Å². The van der Waals surface area contributed by atoms with Crippen LogP contribution in [0.4, 0.5) is 45.5 Å². The van der Waals surface area contributed by atoms with Crippen molar-refractivity contribution in [1.82, 2.24) is 0 Å². The molecule has 0 radical (unpaired) electrons. The Morgan fingerprint density at radius 3 is 0.699 bits per heavy atom. The molecule has 0 aliphatic carbocycles. The molecule has 0 spiro atoms. The van der Waals surface area contributed by atoms with Gasteiger partial charge in [-0.05, 0) is 248 Å². The highest BCUT2D eigenvalue weighted by molar-refractivity contribution is 7.93. The van der Waals surface area contributed by atoms with Crippen LogP contribution in [0.15, 0.2) is 280 Å². The molecule has 12 aromatic rings. The van der Waals surface area contributed by atoms with E-state index in [9.17, 15) is 92.5 Å². The molecule has 4 atom stereocenters. The first-order valence-corrected chi connectivity index (χ1v) is 48.5. The van der Waals surface area contributed by atoms with Gasteiger partial charge in [-0.25, -0.2) is 33.7 Å². The van der Waals surface area contributed by atoms with Crippen molar-refractivity contribution in [2.24, 2.45) is 0 Å². The van der Waals surface area contributed by atoms with Crippen LogP contribution in [0.3, 0.4) is 0 Å². The molecule has 28 nitrogen and oxygen atoms in total. The second kappa shape index (κ2) is 45.7. The minimum absolute atomic E-state index is 0.0614. The highest BCUT2D eigenvalue weighted by Crippen LogP contribution is 2.35.